The number of hydrogen-bond acceptors (Lipinski definition) is 7. The van der Waals surface area contributed by atoms with Crippen molar-refractivity contribution < 1.29 is 33.4 Å². The molecule has 4 aromatic rings. The average molecular weight is 466 g/mol. The van der Waals surface area contributed by atoms with E-state index < -0.39 is 23.5 Å². The van der Waals surface area contributed by atoms with Crippen LogP contribution in [0.1, 0.15) is 22.4 Å². The molecule has 2 aromatic carbocycles. The fourth-order valence-corrected chi connectivity index (χ4v) is 4.17. The second kappa shape index (κ2) is 7.75. The van der Waals surface area contributed by atoms with E-state index in [4.69, 9.17) is 25.2 Å². The predicted octanol–water partition coefficient (Wildman–Crippen LogP) is 5.18. The summed E-state index contributed by atoms with van der Waals surface area (Å²) in [6.07, 6.45) is 1.38. The molecule has 166 valence electrons. The number of aromatic hydroxyl groups is 1. The number of amides is 1. The summed E-state index contributed by atoms with van der Waals surface area (Å²) >= 11 is 6.11. The molecule has 0 bridgehead atoms. The van der Waals surface area contributed by atoms with Crippen LogP contribution in [-0.2, 0) is 4.79 Å². The number of nitrogens with zero attached hydrogens (tertiary/aromatic N) is 1. The van der Waals surface area contributed by atoms with Gasteiger partial charge in [0.2, 0.25) is 5.78 Å². The minimum absolute atomic E-state index is 0.108. The van der Waals surface area contributed by atoms with Crippen molar-refractivity contribution in [3.63, 3.8) is 0 Å². The number of ketones is 1. The number of fused-ring (bicyclic) bond motifs is 1. The quantitative estimate of drug-likeness (QED) is 0.390. The first-order valence-corrected chi connectivity index (χ1v) is 10.2. The van der Waals surface area contributed by atoms with E-state index in [2.05, 4.69) is 0 Å². The van der Waals surface area contributed by atoms with E-state index in [1.54, 1.807) is 36.4 Å². The molecule has 2 N–H and O–H groups in total. The molecule has 0 radical (unpaired) electrons. The number of anilines is 1. The molecule has 1 unspecified atom stereocenters. The average Bonchev–Trinajstić information content (AvgIpc) is 3.52. The number of Topliss-reactive ketones (excluding diaryl/α,β-unsaturated/α-hetero) is 1. The summed E-state index contributed by atoms with van der Waals surface area (Å²) in [6, 6.07) is 12.7. The van der Waals surface area contributed by atoms with Gasteiger partial charge in [-0.15, -0.1) is 0 Å². The number of phenols is 1. The van der Waals surface area contributed by atoms with Crippen molar-refractivity contribution in [3.05, 3.63) is 88.7 Å². The van der Waals surface area contributed by atoms with E-state index in [9.17, 15) is 19.8 Å². The number of carbonyl (C=O) groups excluding carboxylic acids is 2. The summed E-state index contributed by atoms with van der Waals surface area (Å²) in [5.41, 5.74) is 0.153. The maximum absolute atomic E-state index is 13.6. The van der Waals surface area contributed by atoms with Gasteiger partial charge in [0.05, 0.1) is 24.6 Å². The first kappa shape index (κ1) is 20.7. The topological polar surface area (TPSA) is 113 Å². The number of carbonyl (C=O) groups is 2. The molecule has 8 nitrogen and oxygen atoms in total. The van der Waals surface area contributed by atoms with Gasteiger partial charge in [0.15, 0.2) is 22.9 Å². The highest BCUT2D eigenvalue weighted by Gasteiger charge is 2.47. The third-order valence-electron chi connectivity index (χ3n) is 5.40. The van der Waals surface area contributed by atoms with Gasteiger partial charge in [-0.25, -0.2) is 0 Å². The number of furan rings is 2. The second-order valence-corrected chi connectivity index (χ2v) is 7.75. The molecule has 0 saturated carbocycles. The number of phenolic OH excluding ortho intramolecular Hbond substituents is 1. The minimum atomic E-state index is -1.13. The largest absolute Gasteiger partial charge is 0.506 e. The highest BCUT2D eigenvalue weighted by molar-refractivity contribution is 6.31. The number of aliphatic hydroxyl groups is 1. The third kappa shape index (κ3) is 3.23. The Kier molecular flexibility index (Phi) is 4.87. The van der Waals surface area contributed by atoms with Crippen LogP contribution in [-0.4, -0.2) is 29.0 Å². The summed E-state index contributed by atoms with van der Waals surface area (Å²) in [5, 5.41) is 22.0. The molecule has 1 atom stereocenters. The molecular formula is C24H16ClNO7. The van der Waals surface area contributed by atoms with Gasteiger partial charge >= 0.3 is 0 Å². The first-order valence-electron chi connectivity index (χ1n) is 9.80. The molecular weight excluding hydrogens is 450 g/mol. The van der Waals surface area contributed by atoms with E-state index in [0.29, 0.717) is 21.7 Å². The summed E-state index contributed by atoms with van der Waals surface area (Å²) in [7, 11) is 1.44. The Hall–Kier alpha value is -4.17. The van der Waals surface area contributed by atoms with Gasteiger partial charge in [-0.2, -0.15) is 0 Å². The Bertz CT molecular complexity index is 1430. The molecule has 1 aliphatic heterocycles. The Morgan fingerprint density at radius 1 is 1.12 bits per heavy atom. The highest BCUT2D eigenvalue weighted by atomic mass is 35.5. The summed E-state index contributed by atoms with van der Waals surface area (Å²) in [6.45, 7) is 0. The molecule has 5 rings (SSSR count). The maximum atomic E-state index is 13.6. The van der Waals surface area contributed by atoms with Gasteiger partial charge < -0.3 is 23.8 Å². The second-order valence-electron chi connectivity index (χ2n) is 7.31. The molecule has 0 aliphatic carbocycles. The van der Waals surface area contributed by atoms with Gasteiger partial charge in [-0.1, -0.05) is 23.7 Å². The molecule has 3 heterocycles. The van der Waals surface area contributed by atoms with E-state index >= 15 is 0 Å². The standard InChI is InChI=1S/C24H16ClNO7/c1-31-18-11-13(25)9-12-10-17(33-23(12)18)21(28)19-20(16-7-4-8-32-16)26(24(30)22(19)29)14-5-2-3-6-15(14)27/h2-11,20,27,29H,1H3. The van der Waals surface area contributed by atoms with Crippen LogP contribution in [0.4, 0.5) is 5.69 Å². The zero-order valence-electron chi connectivity index (χ0n) is 17.1. The van der Waals surface area contributed by atoms with Crippen molar-refractivity contribution in [3.8, 4) is 11.5 Å². The lowest BCUT2D eigenvalue weighted by molar-refractivity contribution is -0.117. The predicted molar refractivity (Wildman–Crippen MR) is 119 cm³/mol. The number of para-hydroxylation sites is 2. The van der Waals surface area contributed by atoms with E-state index in [-0.39, 0.29) is 28.5 Å². The summed E-state index contributed by atoms with van der Waals surface area (Å²) in [4.78, 5) is 27.7. The zero-order chi connectivity index (χ0) is 23.3. The van der Waals surface area contributed by atoms with Crippen molar-refractivity contribution in [1.29, 1.82) is 0 Å². The number of rotatable bonds is 5. The van der Waals surface area contributed by atoms with Crippen LogP contribution < -0.4 is 9.64 Å². The number of methoxy groups -OCH3 is 1. The third-order valence-corrected chi connectivity index (χ3v) is 5.62. The fraction of sp³-hybridized carbons (Fsp3) is 0.0833. The molecule has 0 fully saturated rings. The van der Waals surface area contributed by atoms with Crippen molar-refractivity contribution >= 4 is 39.9 Å². The van der Waals surface area contributed by atoms with Gasteiger partial charge in [-0.3, -0.25) is 14.5 Å². The van der Waals surface area contributed by atoms with Gasteiger partial charge in [-0.05, 0) is 36.4 Å². The van der Waals surface area contributed by atoms with Crippen LogP contribution in [0.2, 0.25) is 5.02 Å². The van der Waals surface area contributed by atoms with Crippen LogP contribution in [0.25, 0.3) is 11.0 Å². The van der Waals surface area contributed by atoms with Crippen molar-refractivity contribution in [2.75, 3.05) is 12.0 Å². The minimum Gasteiger partial charge on any atom is -0.506 e. The molecule has 0 saturated heterocycles. The monoisotopic (exact) mass is 465 g/mol. The lowest BCUT2D eigenvalue weighted by Crippen LogP contribution is -2.30. The molecule has 2 aromatic heterocycles. The first-order chi connectivity index (χ1) is 15.9. The fourth-order valence-electron chi connectivity index (χ4n) is 3.95. The number of benzene rings is 2. The lowest BCUT2D eigenvalue weighted by atomic mass is 9.99. The Morgan fingerprint density at radius 2 is 1.91 bits per heavy atom. The van der Waals surface area contributed by atoms with Gasteiger partial charge in [0, 0.05) is 16.5 Å². The van der Waals surface area contributed by atoms with Crippen LogP contribution in [0.15, 0.2) is 81.0 Å². The number of halogens is 1. The molecule has 0 spiro atoms. The molecule has 9 heteroatoms. The van der Waals surface area contributed by atoms with Crippen LogP contribution >= 0.6 is 11.6 Å². The van der Waals surface area contributed by atoms with Crippen molar-refractivity contribution in [1.82, 2.24) is 0 Å². The number of aliphatic hydroxyl groups excluding tert-OH is 1. The van der Waals surface area contributed by atoms with Gasteiger partial charge in [0.1, 0.15) is 17.6 Å². The number of hydrogen-bond donors (Lipinski definition) is 2. The number of ether oxygens (including phenoxy) is 1. The van der Waals surface area contributed by atoms with E-state index in [1.807, 2.05) is 0 Å². The highest BCUT2D eigenvalue weighted by Crippen LogP contribution is 2.45. The Morgan fingerprint density at radius 3 is 2.61 bits per heavy atom. The normalized spacial score (nSPS) is 16.1. The van der Waals surface area contributed by atoms with Crippen LogP contribution in [0.3, 0.4) is 0 Å². The molecule has 1 aliphatic rings. The van der Waals surface area contributed by atoms with E-state index in [0.717, 1.165) is 4.90 Å². The van der Waals surface area contributed by atoms with Crippen LogP contribution in [0, 0.1) is 0 Å². The summed E-state index contributed by atoms with van der Waals surface area (Å²) < 4.78 is 16.5. The SMILES string of the molecule is COc1cc(Cl)cc2cc(C(=O)C3=C(O)C(=O)N(c4ccccc4O)C3c3ccco3)oc12. The lowest BCUT2D eigenvalue weighted by Gasteiger charge is -2.25. The van der Waals surface area contributed by atoms with Crippen molar-refractivity contribution in [2.24, 2.45) is 0 Å². The smallest absolute Gasteiger partial charge is 0.294 e. The zero-order valence-corrected chi connectivity index (χ0v) is 17.9. The van der Waals surface area contributed by atoms with Gasteiger partial charge in [0.25, 0.3) is 5.91 Å². The van der Waals surface area contributed by atoms with Crippen molar-refractivity contribution in [2.45, 2.75) is 6.04 Å². The Balaban J connectivity index is 1.66. The van der Waals surface area contributed by atoms with E-state index in [1.165, 1.54) is 31.6 Å². The summed E-state index contributed by atoms with van der Waals surface area (Å²) in [5.74, 6) is -2.14. The maximum Gasteiger partial charge on any atom is 0.294 e. The molecule has 33 heavy (non-hydrogen) atoms. The van der Waals surface area contributed by atoms with Crippen LogP contribution in [0.5, 0.6) is 11.5 Å². The Labute approximate surface area is 191 Å². The molecule has 1 amide bonds.